The smallest absolute Gasteiger partial charge is 0.161 e. The second-order valence-electron chi connectivity index (χ2n) is 5.34. The van der Waals surface area contributed by atoms with E-state index < -0.39 is 0 Å². The van der Waals surface area contributed by atoms with Gasteiger partial charge in [0.05, 0.1) is 14.2 Å². The molecule has 0 bridgehead atoms. The van der Waals surface area contributed by atoms with E-state index in [2.05, 4.69) is 55.4 Å². The molecule has 0 N–H and O–H groups in total. The molecule has 0 saturated carbocycles. The molecule has 0 fully saturated rings. The average molecular weight is 285 g/mol. The molecule has 0 heterocycles. The van der Waals surface area contributed by atoms with Gasteiger partial charge in [-0.25, -0.2) is 0 Å². The van der Waals surface area contributed by atoms with Gasteiger partial charge in [-0.05, 0) is 37.4 Å². The summed E-state index contributed by atoms with van der Waals surface area (Å²) in [5, 5.41) is 0. The summed E-state index contributed by atoms with van der Waals surface area (Å²) in [7, 11) is 7.52. The zero-order chi connectivity index (χ0) is 15.2. The molecule has 21 heavy (non-hydrogen) atoms. The standard InChI is InChI=1S/C18H23NO2/c1-19(2)13-16(14-8-6-5-7-9-14)15-10-11-17(20-3)18(12-15)21-4/h5-12,16H,13H2,1-4H3. The van der Waals surface area contributed by atoms with E-state index in [9.17, 15) is 0 Å². The number of hydrogen-bond acceptors (Lipinski definition) is 3. The minimum atomic E-state index is 0.306. The van der Waals surface area contributed by atoms with Crippen molar-refractivity contribution < 1.29 is 9.47 Å². The number of hydrogen-bond donors (Lipinski definition) is 0. The molecule has 0 amide bonds. The van der Waals surface area contributed by atoms with Gasteiger partial charge in [0.25, 0.3) is 0 Å². The minimum absolute atomic E-state index is 0.306. The maximum Gasteiger partial charge on any atom is 0.161 e. The molecule has 112 valence electrons. The van der Waals surface area contributed by atoms with E-state index in [1.54, 1.807) is 14.2 Å². The van der Waals surface area contributed by atoms with Gasteiger partial charge in [-0.2, -0.15) is 0 Å². The monoisotopic (exact) mass is 285 g/mol. The van der Waals surface area contributed by atoms with Gasteiger partial charge in [0, 0.05) is 12.5 Å². The number of nitrogens with zero attached hydrogens (tertiary/aromatic N) is 1. The molecular weight excluding hydrogens is 262 g/mol. The number of benzene rings is 2. The van der Waals surface area contributed by atoms with Gasteiger partial charge in [0.15, 0.2) is 11.5 Å². The molecule has 0 radical (unpaired) electrons. The SMILES string of the molecule is COc1ccc(C(CN(C)C)c2ccccc2)cc1OC. The Morgan fingerprint density at radius 1 is 0.857 bits per heavy atom. The summed E-state index contributed by atoms with van der Waals surface area (Å²) in [5.74, 6) is 1.84. The van der Waals surface area contributed by atoms with Crippen LogP contribution in [0.4, 0.5) is 0 Å². The van der Waals surface area contributed by atoms with Crippen molar-refractivity contribution in [3.05, 3.63) is 59.7 Å². The minimum Gasteiger partial charge on any atom is -0.493 e. The number of ether oxygens (including phenoxy) is 2. The first-order chi connectivity index (χ1) is 10.2. The third kappa shape index (κ3) is 3.76. The fraction of sp³-hybridized carbons (Fsp3) is 0.333. The molecule has 0 aliphatic carbocycles. The van der Waals surface area contributed by atoms with Gasteiger partial charge in [0.1, 0.15) is 0 Å². The first-order valence-electron chi connectivity index (χ1n) is 7.07. The van der Waals surface area contributed by atoms with Crippen LogP contribution in [-0.4, -0.2) is 39.8 Å². The van der Waals surface area contributed by atoms with Gasteiger partial charge in [-0.15, -0.1) is 0 Å². The number of rotatable bonds is 6. The predicted octanol–water partition coefficient (Wildman–Crippen LogP) is 3.40. The van der Waals surface area contributed by atoms with E-state index in [0.29, 0.717) is 5.92 Å². The quantitative estimate of drug-likeness (QED) is 0.812. The lowest BCUT2D eigenvalue weighted by Crippen LogP contribution is -2.21. The predicted molar refractivity (Wildman–Crippen MR) is 86.4 cm³/mol. The average Bonchev–Trinajstić information content (AvgIpc) is 2.52. The third-order valence-electron chi connectivity index (χ3n) is 3.56. The van der Waals surface area contributed by atoms with Crippen molar-refractivity contribution >= 4 is 0 Å². The molecule has 2 rings (SSSR count). The lowest BCUT2D eigenvalue weighted by Gasteiger charge is -2.23. The summed E-state index contributed by atoms with van der Waals surface area (Å²) < 4.78 is 10.8. The topological polar surface area (TPSA) is 21.7 Å². The van der Waals surface area contributed by atoms with Crippen LogP contribution in [-0.2, 0) is 0 Å². The fourth-order valence-electron chi connectivity index (χ4n) is 2.52. The van der Waals surface area contributed by atoms with E-state index in [1.807, 2.05) is 12.1 Å². The number of methoxy groups -OCH3 is 2. The molecule has 0 aliphatic rings. The second-order valence-corrected chi connectivity index (χ2v) is 5.34. The Hall–Kier alpha value is -2.00. The van der Waals surface area contributed by atoms with Crippen molar-refractivity contribution in [1.82, 2.24) is 4.90 Å². The van der Waals surface area contributed by atoms with E-state index in [0.717, 1.165) is 18.0 Å². The molecule has 2 aromatic carbocycles. The van der Waals surface area contributed by atoms with Crippen molar-refractivity contribution in [2.24, 2.45) is 0 Å². The molecule has 0 saturated heterocycles. The van der Waals surface area contributed by atoms with Crippen molar-refractivity contribution in [1.29, 1.82) is 0 Å². The summed E-state index contributed by atoms with van der Waals surface area (Å²) in [6.07, 6.45) is 0. The van der Waals surface area contributed by atoms with Crippen LogP contribution in [0, 0.1) is 0 Å². The second kappa shape index (κ2) is 7.14. The normalized spacial score (nSPS) is 12.2. The van der Waals surface area contributed by atoms with Crippen molar-refractivity contribution in [2.45, 2.75) is 5.92 Å². The molecular formula is C18H23NO2. The Labute approximate surface area is 127 Å². The van der Waals surface area contributed by atoms with E-state index in [4.69, 9.17) is 9.47 Å². The molecule has 1 atom stereocenters. The summed E-state index contributed by atoms with van der Waals surface area (Å²) in [6, 6.07) is 16.7. The Kier molecular flexibility index (Phi) is 5.23. The van der Waals surface area contributed by atoms with E-state index in [1.165, 1.54) is 11.1 Å². The van der Waals surface area contributed by atoms with Crippen molar-refractivity contribution in [3.8, 4) is 11.5 Å². The van der Waals surface area contributed by atoms with Gasteiger partial charge in [-0.1, -0.05) is 36.4 Å². The lowest BCUT2D eigenvalue weighted by atomic mass is 9.90. The fourth-order valence-corrected chi connectivity index (χ4v) is 2.52. The first-order valence-corrected chi connectivity index (χ1v) is 7.07. The van der Waals surface area contributed by atoms with Crippen LogP contribution in [0.25, 0.3) is 0 Å². The maximum absolute atomic E-state index is 5.43. The molecule has 3 nitrogen and oxygen atoms in total. The van der Waals surface area contributed by atoms with Crippen LogP contribution in [0.3, 0.4) is 0 Å². The highest BCUT2D eigenvalue weighted by Crippen LogP contribution is 2.33. The molecule has 0 aromatic heterocycles. The Morgan fingerprint density at radius 2 is 1.52 bits per heavy atom. The molecule has 0 spiro atoms. The summed E-state index contributed by atoms with van der Waals surface area (Å²) in [5.41, 5.74) is 2.53. The van der Waals surface area contributed by atoms with Crippen molar-refractivity contribution in [2.75, 3.05) is 34.9 Å². The lowest BCUT2D eigenvalue weighted by molar-refractivity contribution is 0.353. The summed E-state index contributed by atoms with van der Waals surface area (Å²) >= 11 is 0. The Balaban J connectivity index is 2.41. The molecule has 1 unspecified atom stereocenters. The highest BCUT2D eigenvalue weighted by Gasteiger charge is 2.17. The van der Waals surface area contributed by atoms with Crippen LogP contribution in [0.2, 0.25) is 0 Å². The van der Waals surface area contributed by atoms with Crippen LogP contribution in [0.15, 0.2) is 48.5 Å². The first kappa shape index (κ1) is 15.4. The van der Waals surface area contributed by atoms with Crippen LogP contribution >= 0.6 is 0 Å². The van der Waals surface area contributed by atoms with Gasteiger partial charge in [-0.3, -0.25) is 0 Å². The van der Waals surface area contributed by atoms with Crippen LogP contribution in [0.1, 0.15) is 17.0 Å². The van der Waals surface area contributed by atoms with Gasteiger partial charge < -0.3 is 14.4 Å². The van der Waals surface area contributed by atoms with E-state index in [-0.39, 0.29) is 0 Å². The summed E-state index contributed by atoms with van der Waals surface area (Å²) in [4.78, 5) is 2.20. The Bertz CT molecular complexity index is 567. The zero-order valence-electron chi connectivity index (χ0n) is 13.2. The zero-order valence-corrected chi connectivity index (χ0v) is 13.2. The third-order valence-corrected chi connectivity index (χ3v) is 3.56. The van der Waals surface area contributed by atoms with Crippen molar-refractivity contribution in [3.63, 3.8) is 0 Å². The van der Waals surface area contributed by atoms with Crippen LogP contribution in [0.5, 0.6) is 11.5 Å². The largest absolute Gasteiger partial charge is 0.493 e. The molecule has 2 aromatic rings. The highest BCUT2D eigenvalue weighted by molar-refractivity contribution is 5.46. The summed E-state index contributed by atoms with van der Waals surface area (Å²) in [6.45, 7) is 0.944. The molecule has 3 heteroatoms. The molecule has 0 aliphatic heterocycles. The maximum atomic E-state index is 5.43. The number of likely N-dealkylation sites (N-methyl/N-ethyl adjacent to an activating group) is 1. The van der Waals surface area contributed by atoms with Crippen LogP contribution < -0.4 is 9.47 Å². The highest BCUT2D eigenvalue weighted by atomic mass is 16.5. The Morgan fingerprint density at radius 3 is 2.10 bits per heavy atom. The van der Waals surface area contributed by atoms with E-state index >= 15 is 0 Å². The van der Waals surface area contributed by atoms with Gasteiger partial charge >= 0.3 is 0 Å². The van der Waals surface area contributed by atoms with Gasteiger partial charge in [0.2, 0.25) is 0 Å².